The lowest BCUT2D eigenvalue weighted by atomic mass is 9.97. The van der Waals surface area contributed by atoms with Crippen LogP contribution < -0.4 is 19.8 Å². The van der Waals surface area contributed by atoms with Gasteiger partial charge in [-0.05, 0) is 41.5 Å². The first-order chi connectivity index (χ1) is 17.0. The molecule has 1 heterocycles. The zero-order chi connectivity index (χ0) is 24.9. The van der Waals surface area contributed by atoms with Crippen molar-refractivity contribution in [1.29, 1.82) is 0 Å². The van der Waals surface area contributed by atoms with Crippen molar-refractivity contribution >= 4 is 29.3 Å². The Bertz CT molecular complexity index is 1430. The van der Waals surface area contributed by atoms with Crippen LogP contribution in [0.4, 0.5) is 0 Å². The highest BCUT2D eigenvalue weighted by Gasteiger charge is 2.19. The van der Waals surface area contributed by atoms with Gasteiger partial charge in [0.1, 0.15) is 6.29 Å². The predicted molar refractivity (Wildman–Crippen MR) is 136 cm³/mol. The van der Waals surface area contributed by atoms with Crippen LogP contribution in [0, 0.1) is 0 Å². The van der Waals surface area contributed by atoms with Crippen LogP contribution >= 0.6 is 0 Å². The molecular weight excluding hydrogens is 444 g/mol. The van der Waals surface area contributed by atoms with Crippen molar-refractivity contribution in [2.45, 2.75) is 6.54 Å². The summed E-state index contributed by atoms with van der Waals surface area (Å²) in [4.78, 5) is 11.4. The molecule has 0 radical (unpaired) electrons. The monoisotopic (exact) mass is 471 g/mol. The molecule has 1 aromatic heterocycles. The molecule has 0 saturated carbocycles. The Balaban J connectivity index is 1.84. The molecule has 0 amide bonds. The molecule has 7 heteroatoms. The number of aromatic nitrogens is 1. The zero-order valence-electron chi connectivity index (χ0n) is 19.6. The van der Waals surface area contributed by atoms with E-state index in [9.17, 15) is 15.0 Å². The first-order valence-corrected chi connectivity index (χ1v) is 11.1. The van der Waals surface area contributed by atoms with Gasteiger partial charge in [0.15, 0.2) is 35.7 Å². The van der Waals surface area contributed by atoms with Gasteiger partial charge in [-0.1, -0.05) is 24.3 Å². The summed E-state index contributed by atoms with van der Waals surface area (Å²) in [7, 11) is 2.85. The Hall–Kier alpha value is -4.36. The van der Waals surface area contributed by atoms with E-state index in [1.54, 1.807) is 12.1 Å². The zero-order valence-corrected chi connectivity index (χ0v) is 19.6. The molecule has 0 bridgehead atoms. The SMILES string of the molecule is COc1cc(C=O)cc(-c2cc(/C=C/c3cc[n+](CCN)c4ccccc34)cc(OC)c2O)c1O. The van der Waals surface area contributed by atoms with Crippen LogP contribution in [-0.2, 0) is 6.54 Å². The average Bonchev–Trinajstić information content (AvgIpc) is 2.89. The first kappa shape index (κ1) is 23.8. The molecule has 0 aliphatic carbocycles. The smallest absolute Gasteiger partial charge is 0.213 e. The van der Waals surface area contributed by atoms with E-state index >= 15 is 0 Å². The second-order valence-electron chi connectivity index (χ2n) is 7.96. The Morgan fingerprint density at radius 3 is 2.14 bits per heavy atom. The maximum atomic E-state index is 11.4. The molecule has 0 aliphatic heterocycles. The molecule has 4 rings (SSSR count). The number of nitrogens with zero attached hydrogens (tertiary/aromatic N) is 1. The van der Waals surface area contributed by atoms with Gasteiger partial charge in [0.2, 0.25) is 5.52 Å². The third-order valence-electron chi connectivity index (χ3n) is 5.84. The van der Waals surface area contributed by atoms with Gasteiger partial charge in [0, 0.05) is 28.8 Å². The van der Waals surface area contributed by atoms with Crippen LogP contribution in [0.25, 0.3) is 34.2 Å². The average molecular weight is 472 g/mol. The maximum absolute atomic E-state index is 11.4. The Kier molecular flexibility index (Phi) is 6.98. The number of hydrogen-bond donors (Lipinski definition) is 3. The number of ether oxygens (including phenoxy) is 2. The Morgan fingerprint density at radius 1 is 0.886 bits per heavy atom. The molecule has 4 aromatic rings. The minimum absolute atomic E-state index is 0.130. The number of aromatic hydroxyl groups is 2. The second-order valence-corrected chi connectivity index (χ2v) is 7.96. The van der Waals surface area contributed by atoms with Crippen LogP contribution in [0.2, 0.25) is 0 Å². The highest BCUT2D eigenvalue weighted by atomic mass is 16.5. The van der Waals surface area contributed by atoms with E-state index in [0.717, 1.165) is 28.6 Å². The van der Waals surface area contributed by atoms with E-state index in [1.807, 2.05) is 36.5 Å². The molecule has 0 fully saturated rings. The van der Waals surface area contributed by atoms with Crippen molar-refractivity contribution in [3.63, 3.8) is 0 Å². The van der Waals surface area contributed by atoms with Crippen molar-refractivity contribution in [2.75, 3.05) is 20.8 Å². The van der Waals surface area contributed by atoms with Crippen LogP contribution in [0.5, 0.6) is 23.0 Å². The quantitative estimate of drug-likeness (QED) is 0.263. The van der Waals surface area contributed by atoms with Crippen LogP contribution in [0.3, 0.4) is 0 Å². The Labute approximate surface area is 203 Å². The number of rotatable bonds is 8. The van der Waals surface area contributed by atoms with Gasteiger partial charge in [0.25, 0.3) is 0 Å². The summed E-state index contributed by atoms with van der Waals surface area (Å²) in [6.45, 7) is 1.26. The van der Waals surface area contributed by atoms with Crippen molar-refractivity contribution in [3.05, 3.63) is 77.5 Å². The highest BCUT2D eigenvalue weighted by Crippen LogP contribution is 2.45. The summed E-state index contributed by atoms with van der Waals surface area (Å²) in [5, 5.41) is 22.6. The normalized spacial score (nSPS) is 11.2. The molecule has 0 saturated heterocycles. The third kappa shape index (κ3) is 4.67. The minimum Gasteiger partial charge on any atom is -0.504 e. The molecule has 0 aliphatic rings. The lowest BCUT2D eigenvalue weighted by Gasteiger charge is -2.14. The summed E-state index contributed by atoms with van der Waals surface area (Å²) in [5.74, 6) is 0.0225. The number of para-hydroxylation sites is 1. The maximum Gasteiger partial charge on any atom is 0.213 e. The standard InChI is InChI=1S/C28H26N2O5/c1-34-25-15-18(7-8-20-9-11-30(12-10-29)24-6-4-3-5-21(20)24)13-22(27(25)32)23-14-19(17-31)16-26(35-2)28(23)33/h3-9,11,13-17H,10,12,29H2,1-2H3,(H,31,33)/p+1. The summed E-state index contributed by atoms with van der Waals surface area (Å²) < 4.78 is 12.7. The first-order valence-electron chi connectivity index (χ1n) is 11.1. The minimum atomic E-state index is -0.185. The molecule has 0 spiro atoms. The lowest BCUT2D eigenvalue weighted by Crippen LogP contribution is -2.37. The molecule has 178 valence electrons. The predicted octanol–water partition coefficient (Wildman–Crippen LogP) is 4.16. The summed E-state index contributed by atoms with van der Waals surface area (Å²) in [6, 6.07) is 16.5. The van der Waals surface area contributed by atoms with E-state index < -0.39 is 0 Å². The third-order valence-corrected chi connectivity index (χ3v) is 5.84. The van der Waals surface area contributed by atoms with Gasteiger partial charge in [-0.2, -0.15) is 4.57 Å². The van der Waals surface area contributed by atoms with Gasteiger partial charge in [-0.25, -0.2) is 0 Å². The van der Waals surface area contributed by atoms with E-state index in [-0.39, 0.29) is 28.6 Å². The largest absolute Gasteiger partial charge is 0.504 e. The van der Waals surface area contributed by atoms with E-state index in [1.165, 1.54) is 26.4 Å². The molecule has 3 aromatic carbocycles. The number of carbonyl (C=O) groups is 1. The number of hydrogen-bond acceptors (Lipinski definition) is 6. The van der Waals surface area contributed by atoms with Gasteiger partial charge < -0.3 is 25.4 Å². The van der Waals surface area contributed by atoms with Crippen LogP contribution in [-0.4, -0.2) is 37.3 Å². The molecule has 35 heavy (non-hydrogen) atoms. The van der Waals surface area contributed by atoms with Gasteiger partial charge >= 0.3 is 0 Å². The fourth-order valence-corrected chi connectivity index (χ4v) is 4.12. The lowest BCUT2D eigenvalue weighted by molar-refractivity contribution is -0.668. The van der Waals surface area contributed by atoms with Crippen molar-refractivity contribution in [1.82, 2.24) is 0 Å². The fraction of sp³-hybridized carbons (Fsp3) is 0.143. The van der Waals surface area contributed by atoms with E-state index in [4.69, 9.17) is 15.2 Å². The number of benzene rings is 3. The van der Waals surface area contributed by atoms with E-state index in [0.29, 0.717) is 24.0 Å². The number of pyridine rings is 1. The van der Waals surface area contributed by atoms with Crippen molar-refractivity contribution in [2.24, 2.45) is 5.73 Å². The molecular formula is C28H27N2O5+. The molecule has 4 N–H and O–H groups in total. The van der Waals surface area contributed by atoms with Crippen LogP contribution in [0.15, 0.2) is 60.8 Å². The molecule has 7 nitrogen and oxygen atoms in total. The number of nitrogens with two attached hydrogens (primary N) is 1. The summed E-state index contributed by atoms with van der Waals surface area (Å²) in [5.41, 5.74) is 9.44. The number of methoxy groups -OCH3 is 2. The molecule has 0 unspecified atom stereocenters. The fourth-order valence-electron chi connectivity index (χ4n) is 4.12. The Morgan fingerprint density at radius 2 is 1.51 bits per heavy atom. The number of aldehydes is 1. The summed E-state index contributed by atoms with van der Waals surface area (Å²) in [6.07, 6.45) is 6.54. The van der Waals surface area contributed by atoms with Gasteiger partial charge in [-0.3, -0.25) is 4.79 Å². The number of fused-ring (bicyclic) bond motifs is 1. The van der Waals surface area contributed by atoms with Crippen molar-refractivity contribution < 1.29 is 29.0 Å². The second kappa shape index (κ2) is 10.3. The number of carbonyl (C=O) groups excluding carboxylic acids is 1. The highest BCUT2D eigenvalue weighted by molar-refractivity contribution is 5.91. The summed E-state index contributed by atoms with van der Waals surface area (Å²) >= 11 is 0. The van der Waals surface area contributed by atoms with Crippen LogP contribution in [0.1, 0.15) is 21.5 Å². The number of phenols is 2. The van der Waals surface area contributed by atoms with E-state index in [2.05, 4.69) is 16.7 Å². The van der Waals surface area contributed by atoms with Gasteiger partial charge in [-0.15, -0.1) is 0 Å². The molecule has 0 atom stereocenters. The number of phenolic OH excluding ortho intramolecular Hbond substituents is 2. The van der Waals surface area contributed by atoms with Crippen molar-refractivity contribution in [3.8, 4) is 34.1 Å². The van der Waals surface area contributed by atoms with Gasteiger partial charge in [0.05, 0.1) is 26.2 Å². The topological polar surface area (TPSA) is 106 Å².